The molecule has 2 unspecified atom stereocenters. The van der Waals surface area contributed by atoms with Gasteiger partial charge in [0.15, 0.2) is 0 Å². The summed E-state index contributed by atoms with van der Waals surface area (Å²) in [5, 5.41) is 3.51. The quantitative estimate of drug-likeness (QED) is 0.899. The molecule has 1 aliphatic heterocycles. The van der Waals surface area contributed by atoms with Gasteiger partial charge in [-0.05, 0) is 44.9 Å². The van der Waals surface area contributed by atoms with Crippen molar-refractivity contribution in [3.05, 3.63) is 29.6 Å². The lowest BCUT2D eigenvalue weighted by Crippen LogP contribution is -2.44. The summed E-state index contributed by atoms with van der Waals surface area (Å²) in [6.07, 6.45) is 2.81. The van der Waals surface area contributed by atoms with E-state index in [1.165, 1.54) is 6.07 Å². The third-order valence-corrected chi connectivity index (χ3v) is 3.93. The molecule has 1 aromatic carbocycles. The number of halogens is 1. The van der Waals surface area contributed by atoms with E-state index in [1.807, 2.05) is 6.92 Å². The first-order valence-electron chi connectivity index (χ1n) is 7.31. The van der Waals surface area contributed by atoms with Gasteiger partial charge in [-0.25, -0.2) is 4.39 Å². The molecule has 2 rings (SSSR count). The summed E-state index contributed by atoms with van der Waals surface area (Å²) in [5.74, 6) is 0.298. The molecule has 0 saturated carbocycles. The number of rotatable bonds is 5. The van der Waals surface area contributed by atoms with Crippen LogP contribution in [0.1, 0.15) is 38.7 Å². The van der Waals surface area contributed by atoms with Crippen LogP contribution in [0.2, 0.25) is 0 Å². The SMILES string of the molecule is CCCNC1CCOC(C)(c2c(F)cccc2OC)C1. The van der Waals surface area contributed by atoms with Gasteiger partial charge >= 0.3 is 0 Å². The van der Waals surface area contributed by atoms with E-state index < -0.39 is 5.60 Å². The Morgan fingerprint density at radius 2 is 2.30 bits per heavy atom. The van der Waals surface area contributed by atoms with Crippen molar-refractivity contribution < 1.29 is 13.9 Å². The second-order valence-corrected chi connectivity index (χ2v) is 5.54. The summed E-state index contributed by atoms with van der Waals surface area (Å²) in [7, 11) is 1.57. The molecule has 1 heterocycles. The lowest BCUT2D eigenvalue weighted by Gasteiger charge is -2.39. The largest absolute Gasteiger partial charge is 0.496 e. The highest BCUT2D eigenvalue weighted by Crippen LogP contribution is 2.41. The molecule has 0 aliphatic carbocycles. The molecule has 1 N–H and O–H groups in total. The fourth-order valence-corrected chi connectivity index (χ4v) is 2.94. The molecule has 112 valence electrons. The van der Waals surface area contributed by atoms with E-state index in [-0.39, 0.29) is 5.82 Å². The summed E-state index contributed by atoms with van der Waals surface area (Å²) in [6.45, 7) is 5.71. The van der Waals surface area contributed by atoms with Crippen LogP contribution < -0.4 is 10.1 Å². The van der Waals surface area contributed by atoms with Gasteiger partial charge in [-0.2, -0.15) is 0 Å². The molecule has 20 heavy (non-hydrogen) atoms. The fraction of sp³-hybridized carbons (Fsp3) is 0.625. The Bertz CT molecular complexity index is 452. The molecular weight excluding hydrogens is 257 g/mol. The molecule has 1 aromatic rings. The molecule has 0 amide bonds. The molecule has 2 atom stereocenters. The monoisotopic (exact) mass is 281 g/mol. The Labute approximate surface area is 120 Å². The molecule has 1 aliphatic rings. The van der Waals surface area contributed by atoms with Gasteiger partial charge in [0, 0.05) is 12.6 Å². The zero-order valence-corrected chi connectivity index (χ0v) is 12.5. The number of hydrogen-bond donors (Lipinski definition) is 1. The van der Waals surface area contributed by atoms with Crippen molar-refractivity contribution in [2.24, 2.45) is 0 Å². The van der Waals surface area contributed by atoms with Crippen molar-refractivity contribution in [2.45, 2.75) is 44.8 Å². The summed E-state index contributed by atoms with van der Waals surface area (Å²) >= 11 is 0. The summed E-state index contributed by atoms with van der Waals surface area (Å²) in [5.41, 5.74) is -0.106. The summed E-state index contributed by atoms with van der Waals surface area (Å²) < 4.78 is 25.5. The predicted molar refractivity (Wildman–Crippen MR) is 77.6 cm³/mol. The Morgan fingerprint density at radius 1 is 1.50 bits per heavy atom. The molecule has 4 heteroatoms. The van der Waals surface area contributed by atoms with Crippen LogP contribution in [0.4, 0.5) is 4.39 Å². The number of ether oxygens (including phenoxy) is 2. The maximum absolute atomic E-state index is 14.3. The Kier molecular flexibility index (Phi) is 5.00. The van der Waals surface area contributed by atoms with Gasteiger partial charge < -0.3 is 14.8 Å². The molecule has 3 nitrogen and oxygen atoms in total. The van der Waals surface area contributed by atoms with E-state index in [1.54, 1.807) is 19.2 Å². The molecule has 1 fully saturated rings. The summed E-state index contributed by atoms with van der Waals surface area (Å²) in [6, 6.07) is 5.28. The molecule has 0 aromatic heterocycles. The number of methoxy groups -OCH3 is 1. The van der Waals surface area contributed by atoms with Gasteiger partial charge in [-0.1, -0.05) is 13.0 Å². The van der Waals surface area contributed by atoms with Gasteiger partial charge in [0.1, 0.15) is 11.6 Å². The lowest BCUT2D eigenvalue weighted by molar-refractivity contribution is -0.0842. The van der Waals surface area contributed by atoms with Gasteiger partial charge in [0.05, 0.1) is 18.3 Å². The van der Waals surface area contributed by atoms with Crippen molar-refractivity contribution >= 4 is 0 Å². The first-order chi connectivity index (χ1) is 9.60. The van der Waals surface area contributed by atoms with E-state index in [2.05, 4.69) is 12.2 Å². The number of benzene rings is 1. The average Bonchev–Trinajstić information content (AvgIpc) is 2.44. The molecule has 1 saturated heterocycles. The number of nitrogens with one attached hydrogen (secondary N) is 1. The minimum Gasteiger partial charge on any atom is -0.496 e. The third-order valence-electron chi connectivity index (χ3n) is 3.93. The van der Waals surface area contributed by atoms with Crippen LogP contribution in [-0.2, 0) is 10.3 Å². The first-order valence-corrected chi connectivity index (χ1v) is 7.31. The highest BCUT2D eigenvalue weighted by atomic mass is 19.1. The van der Waals surface area contributed by atoms with E-state index in [9.17, 15) is 4.39 Å². The summed E-state index contributed by atoms with van der Waals surface area (Å²) in [4.78, 5) is 0. The van der Waals surface area contributed by atoms with Gasteiger partial charge in [0.25, 0.3) is 0 Å². The standard InChI is InChI=1S/C16H24FNO2/c1-4-9-18-12-8-10-20-16(2,11-12)15-13(17)6-5-7-14(15)19-3/h5-7,12,18H,4,8-11H2,1-3H3. The highest BCUT2D eigenvalue weighted by molar-refractivity contribution is 5.39. The Morgan fingerprint density at radius 3 is 3.00 bits per heavy atom. The van der Waals surface area contributed by atoms with E-state index in [0.29, 0.717) is 24.0 Å². The maximum atomic E-state index is 14.3. The first kappa shape index (κ1) is 15.3. The fourth-order valence-electron chi connectivity index (χ4n) is 2.94. The van der Waals surface area contributed by atoms with E-state index in [0.717, 1.165) is 25.8 Å². The van der Waals surface area contributed by atoms with Crippen molar-refractivity contribution in [3.63, 3.8) is 0 Å². The molecule has 0 bridgehead atoms. The number of hydrogen-bond acceptors (Lipinski definition) is 3. The molecular formula is C16H24FNO2. The van der Waals surface area contributed by atoms with E-state index in [4.69, 9.17) is 9.47 Å². The molecule has 0 radical (unpaired) electrons. The van der Waals surface area contributed by atoms with Crippen LogP contribution in [0.3, 0.4) is 0 Å². The molecule has 0 spiro atoms. The van der Waals surface area contributed by atoms with Crippen LogP contribution in [0.15, 0.2) is 18.2 Å². The van der Waals surface area contributed by atoms with Crippen molar-refractivity contribution in [1.82, 2.24) is 5.32 Å². The zero-order chi connectivity index (χ0) is 14.6. The normalized spacial score (nSPS) is 26.5. The minimum absolute atomic E-state index is 0.261. The Balaban J connectivity index is 2.25. The second-order valence-electron chi connectivity index (χ2n) is 5.54. The van der Waals surface area contributed by atoms with Gasteiger partial charge in [-0.3, -0.25) is 0 Å². The second kappa shape index (κ2) is 6.55. The van der Waals surface area contributed by atoms with Crippen LogP contribution in [0, 0.1) is 5.82 Å². The van der Waals surface area contributed by atoms with Crippen LogP contribution in [0.5, 0.6) is 5.75 Å². The lowest BCUT2D eigenvalue weighted by atomic mass is 9.84. The van der Waals surface area contributed by atoms with Gasteiger partial charge in [-0.15, -0.1) is 0 Å². The maximum Gasteiger partial charge on any atom is 0.133 e. The predicted octanol–water partition coefficient (Wildman–Crippen LogP) is 3.23. The van der Waals surface area contributed by atoms with Crippen molar-refractivity contribution in [3.8, 4) is 5.75 Å². The highest BCUT2D eigenvalue weighted by Gasteiger charge is 2.38. The third kappa shape index (κ3) is 3.13. The minimum atomic E-state index is -0.639. The van der Waals surface area contributed by atoms with Crippen LogP contribution in [-0.4, -0.2) is 26.3 Å². The van der Waals surface area contributed by atoms with Crippen molar-refractivity contribution in [1.29, 1.82) is 0 Å². The van der Waals surface area contributed by atoms with Crippen molar-refractivity contribution in [2.75, 3.05) is 20.3 Å². The topological polar surface area (TPSA) is 30.5 Å². The zero-order valence-electron chi connectivity index (χ0n) is 12.5. The Hall–Kier alpha value is -1.13. The average molecular weight is 281 g/mol. The smallest absolute Gasteiger partial charge is 0.133 e. The van der Waals surface area contributed by atoms with E-state index >= 15 is 0 Å². The van der Waals surface area contributed by atoms with Crippen LogP contribution >= 0.6 is 0 Å². The van der Waals surface area contributed by atoms with Gasteiger partial charge in [0.2, 0.25) is 0 Å². The van der Waals surface area contributed by atoms with Crippen LogP contribution in [0.25, 0.3) is 0 Å².